The molecule has 0 atom stereocenters. The molecule has 0 aliphatic rings. The fraction of sp³-hybridized carbons (Fsp3) is 1.00. The van der Waals surface area contributed by atoms with Crippen molar-refractivity contribution >= 4 is 0 Å². The van der Waals surface area contributed by atoms with E-state index in [-0.39, 0.29) is 6.15 Å². The van der Waals surface area contributed by atoms with Gasteiger partial charge in [-0.2, -0.15) is 0 Å². The van der Waals surface area contributed by atoms with Crippen molar-refractivity contribution in [2.24, 2.45) is 11.5 Å². The highest BCUT2D eigenvalue weighted by molar-refractivity contribution is 4.49. The molecule has 0 rings (SSSR count). The van der Waals surface area contributed by atoms with Crippen LogP contribution in [0.1, 0.15) is 19.3 Å². The van der Waals surface area contributed by atoms with Crippen LogP contribution in [0.4, 0.5) is 0 Å². The van der Waals surface area contributed by atoms with Crippen molar-refractivity contribution < 1.29 is 0 Å². The Kier molecular flexibility index (Phi) is 15.3. The molecule has 5 N–H and O–H groups in total. The highest BCUT2D eigenvalue weighted by Gasteiger charge is 1.85. The van der Waals surface area contributed by atoms with Crippen LogP contribution in [0.25, 0.3) is 0 Å². The van der Waals surface area contributed by atoms with Gasteiger partial charge in [-0.05, 0) is 45.4 Å². The van der Waals surface area contributed by atoms with Gasteiger partial charge in [-0.25, -0.2) is 0 Å². The molecule has 0 amide bonds. The highest BCUT2D eigenvalue weighted by Crippen LogP contribution is 1.81. The molecule has 0 aromatic rings. The van der Waals surface area contributed by atoms with E-state index >= 15 is 0 Å². The van der Waals surface area contributed by atoms with Crippen LogP contribution in [-0.2, 0) is 0 Å². The first kappa shape index (κ1) is 13.4. The predicted molar refractivity (Wildman–Crippen MR) is 47.0 cm³/mol. The maximum Gasteiger partial charge on any atom is 0 e. The Balaban J connectivity index is 0. The lowest BCUT2D eigenvalue weighted by Crippen LogP contribution is -2.19. The first-order valence-corrected chi connectivity index (χ1v) is 4.02. The van der Waals surface area contributed by atoms with E-state index in [1.165, 1.54) is 6.42 Å². The van der Waals surface area contributed by atoms with Gasteiger partial charge in [-0.1, -0.05) is 0 Å². The van der Waals surface area contributed by atoms with Crippen LogP contribution in [0.5, 0.6) is 0 Å². The first-order chi connectivity index (χ1) is 4.91. The van der Waals surface area contributed by atoms with Gasteiger partial charge in [0.2, 0.25) is 0 Å². The standard InChI is InChI=1S/C7H19N3.N/c8-4-1-2-6-10-7-3-5-9;/h10H,1-9H2;. The molecule has 3 radical (unpaired) electrons. The number of hydrogen-bond acceptors (Lipinski definition) is 3. The van der Waals surface area contributed by atoms with Gasteiger partial charge in [0.15, 0.2) is 0 Å². The van der Waals surface area contributed by atoms with Gasteiger partial charge < -0.3 is 16.8 Å². The third-order valence-corrected chi connectivity index (χ3v) is 1.37. The lowest BCUT2D eigenvalue weighted by molar-refractivity contribution is 0.611. The quantitative estimate of drug-likeness (QED) is 0.424. The molecule has 0 fully saturated rings. The van der Waals surface area contributed by atoms with E-state index in [9.17, 15) is 0 Å². The van der Waals surface area contributed by atoms with Gasteiger partial charge in [0.05, 0.1) is 0 Å². The molecule has 0 aromatic carbocycles. The fourth-order valence-corrected chi connectivity index (χ4v) is 0.746. The van der Waals surface area contributed by atoms with Crippen molar-refractivity contribution in [1.29, 1.82) is 0 Å². The summed E-state index contributed by atoms with van der Waals surface area (Å²) in [4.78, 5) is 0. The summed E-state index contributed by atoms with van der Waals surface area (Å²) >= 11 is 0. The fourth-order valence-electron chi connectivity index (χ4n) is 0.746. The maximum atomic E-state index is 5.32. The third-order valence-electron chi connectivity index (χ3n) is 1.37. The van der Waals surface area contributed by atoms with E-state index in [4.69, 9.17) is 11.5 Å². The molecule has 0 bridgehead atoms. The smallest absolute Gasteiger partial charge is 0 e. The van der Waals surface area contributed by atoms with Gasteiger partial charge in [0.25, 0.3) is 0 Å². The van der Waals surface area contributed by atoms with E-state index in [2.05, 4.69) is 5.32 Å². The van der Waals surface area contributed by atoms with Crippen molar-refractivity contribution in [3.8, 4) is 0 Å². The zero-order chi connectivity index (χ0) is 7.66. The van der Waals surface area contributed by atoms with Gasteiger partial charge in [-0.3, -0.25) is 0 Å². The molecule has 4 nitrogen and oxygen atoms in total. The summed E-state index contributed by atoms with van der Waals surface area (Å²) < 4.78 is 0. The van der Waals surface area contributed by atoms with Crippen LogP contribution in [0.3, 0.4) is 0 Å². The van der Waals surface area contributed by atoms with Crippen LogP contribution < -0.4 is 22.9 Å². The molecule has 0 aliphatic carbocycles. The van der Waals surface area contributed by atoms with E-state index < -0.39 is 0 Å². The zero-order valence-electron chi connectivity index (χ0n) is 7.05. The third kappa shape index (κ3) is 12.9. The first-order valence-electron chi connectivity index (χ1n) is 4.02. The molecule has 11 heavy (non-hydrogen) atoms. The molecule has 0 aromatic heterocycles. The molecular formula is C7H19N4. The number of nitrogens with one attached hydrogen (secondary N) is 1. The molecule has 0 spiro atoms. The van der Waals surface area contributed by atoms with E-state index in [1.54, 1.807) is 0 Å². The molecule has 4 heteroatoms. The number of unbranched alkanes of at least 4 members (excludes halogenated alkanes) is 1. The van der Waals surface area contributed by atoms with Crippen molar-refractivity contribution in [2.45, 2.75) is 19.3 Å². The maximum absolute atomic E-state index is 5.32. The Morgan fingerprint density at radius 1 is 0.818 bits per heavy atom. The Morgan fingerprint density at radius 2 is 1.36 bits per heavy atom. The van der Waals surface area contributed by atoms with Crippen LogP contribution in [-0.4, -0.2) is 26.2 Å². The van der Waals surface area contributed by atoms with Crippen molar-refractivity contribution in [3.05, 3.63) is 0 Å². The predicted octanol–water partition coefficient (Wildman–Crippen LogP) is -0.817. The molecule has 0 unspecified atom stereocenters. The van der Waals surface area contributed by atoms with Crippen molar-refractivity contribution in [1.82, 2.24) is 11.5 Å². The largest absolute Gasteiger partial charge is 0.330 e. The minimum atomic E-state index is 0. The molecule has 0 saturated heterocycles. The normalized spacial score (nSPS) is 9.27. The summed E-state index contributed by atoms with van der Waals surface area (Å²) in [5, 5.41) is 3.29. The molecule has 0 aliphatic heterocycles. The molecule has 0 heterocycles. The SMILES string of the molecule is NCCCCNCCCN.[N]. The van der Waals surface area contributed by atoms with Gasteiger partial charge >= 0.3 is 0 Å². The molecule has 67 valence electrons. The monoisotopic (exact) mass is 159 g/mol. The number of nitrogens with two attached hydrogens (primary N) is 2. The van der Waals surface area contributed by atoms with Crippen LogP contribution in [0, 0.1) is 0 Å². The minimum Gasteiger partial charge on any atom is -0.330 e. The van der Waals surface area contributed by atoms with Crippen molar-refractivity contribution in [2.75, 3.05) is 26.2 Å². The summed E-state index contributed by atoms with van der Waals surface area (Å²) in [5.41, 5.74) is 10.6. The Morgan fingerprint density at radius 3 is 1.91 bits per heavy atom. The lowest BCUT2D eigenvalue weighted by atomic mass is 10.3. The second kappa shape index (κ2) is 12.5. The average Bonchev–Trinajstić information content (AvgIpc) is 1.97. The number of rotatable bonds is 7. The Hall–Kier alpha value is -0.160. The van der Waals surface area contributed by atoms with Crippen molar-refractivity contribution in [3.63, 3.8) is 0 Å². The van der Waals surface area contributed by atoms with Gasteiger partial charge in [0.1, 0.15) is 0 Å². The van der Waals surface area contributed by atoms with Gasteiger partial charge in [-0.15, -0.1) is 0 Å². The van der Waals surface area contributed by atoms with E-state index in [0.29, 0.717) is 0 Å². The lowest BCUT2D eigenvalue weighted by Gasteiger charge is -2.01. The Bertz CT molecular complexity index is 50.4. The van der Waals surface area contributed by atoms with Gasteiger partial charge in [0, 0.05) is 6.15 Å². The second-order valence-corrected chi connectivity index (χ2v) is 2.39. The summed E-state index contributed by atoms with van der Waals surface area (Å²) in [7, 11) is 0. The van der Waals surface area contributed by atoms with E-state index in [1.807, 2.05) is 0 Å². The van der Waals surface area contributed by atoms with Crippen LogP contribution >= 0.6 is 0 Å². The summed E-state index contributed by atoms with van der Waals surface area (Å²) in [6, 6.07) is 0. The summed E-state index contributed by atoms with van der Waals surface area (Å²) in [6.07, 6.45) is 3.37. The molecular weight excluding hydrogens is 140 g/mol. The number of nitrogens with zero attached hydrogens (tertiary/aromatic N) is 1. The second-order valence-electron chi connectivity index (χ2n) is 2.39. The molecule has 0 saturated carbocycles. The minimum absolute atomic E-state index is 0. The zero-order valence-corrected chi connectivity index (χ0v) is 7.05. The average molecular weight is 159 g/mol. The summed E-state index contributed by atoms with van der Waals surface area (Å²) in [5.74, 6) is 0. The van der Waals surface area contributed by atoms with Crippen LogP contribution in [0.15, 0.2) is 0 Å². The topological polar surface area (TPSA) is 94.6 Å². The summed E-state index contributed by atoms with van der Waals surface area (Å²) in [6.45, 7) is 3.71. The Labute approximate surface area is 69.3 Å². The number of hydrogen-bond donors (Lipinski definition) is 3. The van der Waals surface area contributed by atoms with E-state index in [0.717, 1.165) is 39.0 Å². The highest BCUT2D eigenvalue weighted by atomic mass is 14.8. The van der Waals surface area contributed by atoms with Crippen LogP contribution in [0.2, 0.25) is 0 Å².